The quantitative estimate of drug-likeness (QED) is 0.433. The number of likely N-dealkylation sites (tertiary alicyclic amines) is 1. The summed E-state index contributed by atoms with van der Waals surface area (Å²) in [5, 5.41) is 6.94. The summed E-state index contributed by atoms with van der Waals surface area (Å²) >= 11 is 0. The minimum atomic E-state index is -4.37. The Morgan fingerprint density at radius 3 is 2.53 bits per heavy atom. The van der Waals surface area contributed by atoms with Gasteiger partial charge in [0.05, 0.1) is 37.6 Å². The van der Waals surface area contributed by atoms with E-state index in [2.05, 4.69) is 20.6 Å². The highest BCUT2D eigenvalue weighted by atomic mass is 19.4. The number of ether oxygens (including phenoxy) is 4. The number of benzene rings is 1. The Balaban J connectivity index is 1.15. The molecule has 0 saturated carbocycles. The van der Waals surface area contributed by atoms with E-state index in [9.17, 15) is 18.0 Å². The van der Waals surface area contributed by atoms with Crippen LogP contribution in [0.1, 0.15) is 66.2 Å². The first-order valence-electron chi connectivity index (χ1n) is 14.9. The number of nitrogens with zero attached hydrogens (tertiary/aromatic N) is 3. The molecule has 10 nitrogen and oxygen atoms in total. The van der Waals surface area contributed by atoms with Gasteiger partial charge in [-0.1, -0.05) is 12.1 Å². The summed E-state index contributed by atoms with van der Waals surface area (Å²) in [6.07, 6.45) is 0.140. The predicted octanol–water partition coefficient (Wildman–Crippen LogP) is 4.22. The topological polar surface area (TPSA) is 107 Å². The maximum Gasteiger partial charge on any atom is 0.416 e. The van der Waals surface area contributed by atoms with Gasteiger partial charge in [0.1, 0.15) is 11.5 Å². The van der Waals surface area contributed by atoms with E-state index < -0.39 is 11.7 Å². The molecule has 13 heteroatoms. The number of carbonyl (C=O) groups is 1. The van der Waals surface area contributed by atoms with Crippen molar-refractivity contribution in [2.75, 3.05) is 52.4 Å². The van der Waals surface area contributed by atoms with Crippen LogP contribution in [0.2, 0.25) is 0 Å². The molecular formula is C30H40F3N5O5. The highest BCUT2D eigenvalue weighted by Crippen LogP contribution is 2.34. The smallest absolute Gasteiger partial charge is 0.416 e. The van der Waals surface area contributed by atoms with Crippen LogP contribution in [0.15, 0.2) is 30.3 Å². The van der Waals surface area contributed by atoms with Crippen LogP contribution in [-0.4, -0.2) is 92.1 Å². The van der Waals surface area contributed by atoms with Gasteiger partial charge in [-0.25, -0.2) is 0 Å². The van der Waals surface area contributed by atoms with Crippen molar-refractivity contribution in [2.24, 2.45) is 0 Å². The Kier molecular flexibility index (Phi) is 10.4. The summed E-state index contributed by atoms with van der Waals surface area (Å²) < 4.78 is 61.4. The fraction of sp³-hybridized carbons (Fsp3) is 0.633. The monoisotopic (exact) mass is 607 g/mol. The van der Waals surface area contributed by atoms with Crippen molar-refractivity contribution in [3.05, 3.63) is 47.2 Å². The van der Waals surface area contributed by atoms with E-state index >= 15 is 0 Å². The van der Waals surface area contributed by atoms with Gasteiger partial charge in [0, 0.05) is 51.5 Å². The molecule has 3 fully saturated rings. The van der Waals surface area contributed by atoms with Crippen molar-refractivity contribution >= 4 is 11.7 Å². The summed E-state index contributed by atoms with van der Waals surface area (Å²) in [7, 11) is 3.16. The van der Waals surface area contributed by atoms with Gasteiger partial charge in [0.25, 0.3) is 5.91 Å². The molecule has 4 atom stereocenters. The van der Waals surface area contributed by atoms with Crippen LogP contribution in [0, 0.1) is 0 Å². The minimum absolute atomic E-state index is 0.0301. The Bertz CT molecular complexity index is 1210. The number of hydrogen-bond acceptors (Lipinski definition) is 9. The van der Waals surface area contributed by atoms with Gasteiger partial charge in [-0.2, -0.15) is 23.1 Å². The number of methoxy groups -OCH3 is 2. The second-order valence-electron chi connectivity index (χ2n) is 11.3. The normalized spacial score (nSPS) is 25.4. The molecule has 0 radical (unpaired) electrons. The van der Waals surface area contributed by atoms with Gasteiger partial charge >= 0.3 is 12.2 Å². The first-order valence-corrected chi connectivity index (χ1v) is 14.9. The van der Waals surface area contributed by atoms with E-state index in [1.165, 1.54) is 19.2 Å². The molecule has 5 rings (SSSR count). The van der Waals surface area contributed by atoms with Crippen LogP contribution in [-0.2, 0) is 20.4 Å². The van der Waals surface area contributed by atoms with E-state index in [-0.39, 0.29) is 42.0 Å². The molecule has 0 spiro atoms. The van der Waals surface area contributed by atoms with Crippen molar-refractivity contribution in [1.82, 2.24) is 20.2 Å². The minimum Gasteiger partial charge on any atom is -0.467 e. The Morgan fingerprint density at radius 1 is 1.07 bits per heavy atom. The van der Waals surface area contributed by atoms with E-state index in [4.69, 9.17) is 18.9 Å². The number of nitrogens with one attached hydrogen (secondary N) is 2. The number of carbonyl (C=O) groups excluding carboxylic acids is 1. The average molecular weight is 608 g/mol. The third-order valence-electron chi connectivity index (χ3n) is 8.42. The number of amides is 1. The van der Waals surface area contributed by atoms with Gasteiger partial charge < -0.3 is 34.5 Å². The van der Waals surface area contributed by atoms with Gasteiger partial charge in [-0.15, -0.1) is 0 Å². The second kappa shape index (κ2) is 14.2. The lowest BCUT2D eigenvalue weighted by molar-refractivity contribution is -0.137. The van der Waals surface area contributed by atoms with Crippen LogP contribution in [0.4, 0.5) is 19.0 Å². The molecule has 4 heterocycles. The third kappa shape index (κ3) is 8.14. The lowest BCUT2D eigenvalue weighted by Crippen LogP contribution is -2.54. The van der Waals surface area contributed by atoms with Crippen LogP contribution < -0.4 is 15.4 Å². The number of rotatable bonds is 9. The summed E-state index contributed by atoms with van der Waals surface area (Å²) in [5.41, 5.74) is 0.293. The Morgan fingerprint density at radius 2 is 1.84 bits per heavy atom. The number of hydrogen-bond donors (Lipinski definition) is 2. The summed E-state index contributed by atoms with van der Waals surface area (Å²) in [6.45, 7) is 2.93. The molecule has 0 bridgehead atoms. The molecule has 0 unspecified atom stereocenters. The number of piperidine rings is 1. The SMILES string of the molecule is COc1nc(NC[C@H]2CCC[C@@H](c3ccc(C(F)(F)F)cc3)O2)cc(C(=O)N2CCC(N[C@@H]3CCOC[C@@H]3OC)CC2)n1. The third-order valence-corrected chi connectivity index (χ3v) is 8.42. The molecule has 3 aliphatic rings. The molecule has 0 aliphatic carbocycles. The largest absolute Gasteiger partial charge is 0.467 e. The molecule has 3 saturated heterocycles. The molecule has 1 aromatic carbocycles. The average Bonchev–Trinajstić information content (AvgIpc) is 3.03. The van der Waals surface area contributed by atoms with Gasteiger partial charge in [-0.05, 0) is 56.2 Å². The lowest BCUT2D eigenvalue weighted by Gasteiger charge is -2.38. The van der Waals surface area contributed by atoms with Gasteiger partial charge in [0.15, 0.2) is 0 Å². The zero-order valence-corrected chi connectivity index (χ0v) is 24.6. The Labute approximate surface area is 249 Å². The Hall–Kier alpha value is -3.00. The molecule has 2 N–H and O–H groups in total. The van der Waals surface area contributed by atoms with Gasteiger partial charge in [-0.3, -0.25) is 4.79 Å². The predicted molar refractivity (Wildman–Crippen MR) is 152 cm³/mol. The molecule has 236 valence electrons. The lowest BCUT2D eigenvalue weighted by atomic mass is 9.97. The van der Waals surface area contributed by atoms with Crippen LogP contribution >= 0.6 is 0 Å². The molecule has 1 aromatic heterocycles. The van der Waals surface area contributed by atoms with Crippen molar-refractivity contribution in [1.29, 1.82) is 0 Å². The van der Waals surface area contributed by atoms with Crippen molar-refractivity contribution < 1.29 is 36.9 Å². The fourth-order valence-corrected chi connectivity index (χ4v) is 5.97. The van der Waals surface area contributed by atoms with Crippen LogP contribution in [0.5, 0.6) is 6.01 Å². The highest BCUT2D eigenvalue weighted by Gasteiger charge is 2.32. The van der Waals surface area contributed by atoms with E-state index in [1.54, 1.807) is 18.1 Å². The first-order chi connectivity index (χ1) is 20.7. The molecule has 3 aliphatic heterocycles. The first kappa shape index (κ1) is 31.4. The second-order valence-corrected chi connectivity index (χ2v) is 11.3. The zero-order chi connectivity index (χ0) is 30.4. The van der Waals surface area contributed by atoms with Crippen molar-refractivity contribution in [3.8, 4) is 6.01 Å². The summed E-state index contributed by atoms with van der Waals surface area (Å²) in [6, 6.07) is 7.39. The number of halogens is 3. The fourth-order valence-electron chi connectivity index (χ4n) is 5.97. The maximum absolute atomic E-state index is 13.4. The van der Waals surface area contributed by atoms with E-state index in [0.717, 1.165) is 56.2 Å². The van der Waals surface area contributed by atoms with Crippen molar-refractivity contribution in [2.45, 2.75) is 75.1 Å². The zero-order valence-electron chi connectivity index (χ0n) is 24.6. The number of anilines is 1. The van der Waals surface area contributed by atoms with Crippen LogP contribution in [0.3, 0.4) is 0 Å². The molecular weight excluding hydrogens is 567 g/mol. The molecule has 2 aromatic rings. The van der Waals surface area contributed by atoms with Gasteiger partial charge in [0.2, 0.25) is 0 Å². The number of alkyl halides is 3. The van der Waals surface area contributed by atoms with E-state index in [0.29, 0.717) is 44.7 Å². The maximum atomic E-state index is 13.4. The van der Waals surface area contributed by atoms with Crippen LogP contribution in [0.25, 0.3) is 0 Å². The summed E-state index contributed by atoms with van der Waals surface area (Å²) in [4.78, 5) is 23.9. The molecule has 1 amide bonds. The van der Waals surface area contributed by atoms with E-state index in [1.807, 2.05) is 0 Å². The van der Waals surface area contributed by atoms with Crippen molar-refractivity contribution in [3.63, 3.8) is 0 Å². The standard InChI is InChI=1S/C30H40F3N5O5/c1-40-26-18-42-15-12-23(26)35-21-10-13-38(14-11-21)28(39)24-16-27(37-29(36-24)41-2)34-17-22-4-3-5-25(43-22)19-6-8-20(9-7-19)30(31,32)33/h6-9,16,21-23,25-26,35H,3-5,10-15,17-18H2,1-2H3,(H,34,36,37)/t22-,23-,25+,26+/m1/s1. The summed E-state index contributed by atoms with van der Waals surface area (Å²) in [5.74, 6) is 0.261. The number of aromatic nitrogens is 2. The highest BCUT2D eigenvalue weighted by molar-refractivity contribution is 5.93. The molecule has 43 heavy (non-hydrogen) atoms.